The lowest BCUT2D eigenvalue weighted by molar-refractivity contribution is -0.131. The largest absolute Gasteiger partial charge is 0.329 e. The van der Waals surface area contributed by atoms with Gasteiger partial charge in [-0.1, -0.05) is 6.08 Å². The van der Waals surface area contributed by atoms with Crippen LogP contribution in [0.3, 0.4) is 0 Å². The van der Waals surface area contributed by atoms with Crippen LogP contribution in [0.5, 0.6) is 0 Å². The van der Waals surface area contributed by atoms with Crippen molar-refractivity contribution in [3.05, 3.63) is 11.8 Å². The summed E-state index contributed by atoms with van der Waals surface area (Å²) in [6.45, 7) is 6.85. The fourth-order valence-electron chi connectivity index (χ4n) is 3.18. The van der Waals surface area contributed by atoms with Gasteiger partial charge in [-0.25, -0.2) is 0 Å². The summed E-state index contributed by atoms with van der Waals surface area (Å²) in [5.74, 6) is 0.226. The Labute approximate surface area is 122 Å². The van der Waals surface area contributed by atoms with Crippen LogP contribution in [-0.4, -0.2) is 73.0 Å². The maximum Gasteiger partial charge on any atom is 0.240 e. The molecule has 1 aliphatic carbocycles. The van der Waals surface area contributed by atoms with Crippen molar-refractivity contribution >= 4 is 5.91 Å². The van der Waals surface area contributed by atoms with E-state index in [9.17, 15) is 4.79 Å². The van der Waals surface area contributed by atoms with Gasteiger partial charge in [0, 0.05) is 44.5 Å². The number of carbonyl (C=O) groups is 1. The van der Waals surface area contributed by atoms with E-state index in [2.05, 4.69) is 29.8 Å². The Hall–Kier alpha value is -0.910. The van der Waals surface area contributed by atoms with Crippen LogP contribution in [0.25, 0.3) is 0 Å². The minimum atomic E-state index is 0.226. The van der Waals surface area contributed by atoms with Crippen molar-refractivity contribution in [3.8, 4) is 0 Å². The minimum Gasteiger partial charge on any atom is -0.329 e. The molecular formula is C15H28N4O. The van der Waals surface area contributed by atoms with E-state index in [-0.39, 0.29) is 5.91 Å². The van der Waals surface area contributed by atoms with Crippen LogP contribution in [0, 0.1) is 0 Å². The summed E-state index contributed by atoms with van der Waals surface area (Å²) < 4.78 is 0. The summed E-state index contributed by atoms with van der Waals surface area (Å²) in [6.07, 6.45) is 5.55. The van der Waals surface area contributed by atoms with Gasteiger partial charge in [-0.2, -0.15) is 0 Å². The first-order chi connectivity index (χ1) is 9.65. The van der Waals surface area contributed by atoms with Gasteiger partial charge >= 0.3 is 0 Å². The first kappa shape index (κ1) is 15.5. The zero-order valence-corrected chi connectivity index (χ0v) is 12.8. The molecule has 1 saturated heterocycles. The normalized spacial score (nSPS) is 24.8. The molecule has 0 aromatic rings. The van der Waals surface area contributed by atoms with Crippen LogP contribution in [-0.2, 0) is 4.79 Å². The minimum absolute atomic E-state index is 0.226. The van der Waals surface area contributed by atoms with Crippen LogP contribution in [0.2, 0.25) is 0 Å². The fourth-order valence-corrected chi connectivity index (χ4v) is 3.18. The van der Waals surface area contributed by atoms with E-state index in [0.29, 0.717) is 19.1 Å². The molecule has 5 nitrogen and oxygen atoms in total. The number of allylic oxidation sites excluding steroid dienone is 2. The molecule has 5 heteroatoms. The van der Waals surface area contributed by atoms with E-state index in [4.69, 9.17) is 5.73 Å². The highest BCUT2D eigenvalue weighted by atomic mass is 16.2. The zero-order valence-electron chi connectivity index (χ0n) is 12.8. The van der Waals surface area contributed by atoms with E-state index in [0.717, 1.165) is 39.0 Å². The molecule has 1 unspecified atom stereocenters. The quantitative estimate of drug-likeness (QED) is 0.796. The first-order valence-corrected chi connectivity index (χ1v) is 7.77. The van der Waals surface area contributed by atoms with Gasteiger partial charge < -0.3 is 15.5 Å². The Balaban J connectivity index is 1.95. The van der Waals surface area contributed by atoms with Crippen molar-refractivity contribution in [2.24, 2.45) is 5.73 Å². The Morgan fingerprint density at radius 3 is 2.90 bits per heavy atom. The summed E-state index contributed by atoms with van der Waals surface area (Å²) in [5, 5.41) is 0. The Bertz CT molecular complexity index is 369. The van der Waals surface area contributed by atoms with E-state index in [1.54, 1.807) is 0 Å². The van der Waals surface area contributed by atoms with Gasteiger partial charge in [0.2, 0.25) is 5.91 Å². The number of nitrogens with two attached hydrogens (primary N) is 1. The van der Waals surface area contributed by atoms with Gasteiger partial charge in [0.1, 0.15) is 0 Å². The molecule has 0 bridgehead atoms. The molecule has 1 aliphatic heterocycles. The Morgan fingerprint density at radius 2 is 2.30 bits per heavy atom. The molecule has 1 fully saturated rings. The molecule has 1 amide bonds. The van der Waals surface area contributed by atoms with Crippen molar-refractivity contribution < 1.29 is 4.79 Å². The number of hydrogen-bond acceptors (Lipinski definition) is 4. The van der Waals surface area contributed by atoms with Gasteiger partial charge in [-0.05, 0) is 33.2 Å². The molecule has 20 heavy (non-hydrogen) atoms. The molecule has 0 aromatic carbocycles. The summed E-state index contributed by atoms with van der Waals surface area (Å²) in [6, 6.07) is 0.300. The molecule has 0 spiro atoms. The second kappa shape index (κ2) is 7.20. The number of nitrogens with zero attached hydrogens (tertiary/aromatic N) is 3. The predicted octanol–water partition coefficient (Wildman–Crippen LogP) is 0.477. The van der Waals surface area contributed by atoms with E-state index >= 15 is 0 Å². The zero-order chi connectivity index (χ0) is 14.5. The van der Waals surface area contributed by atoms with Crippen LogP contribution in [0.15, 0.2) is 11.8 Å². The number of carbonyl (C=O) groups excluding carboxylic acids is 1. The van der Waals surface area contributed by atoms with Gasteiger partial charge in [0.15, 0.2) is 0 Å². The van der Waals surface area contributed by atoms with Crippen LogP contribution >= 0.6 is 0 Å². The topological polar surface area (TPSA) is 52.8 Å². The van der Waals surface area contributed by atoms with Gasteiger partial charge in [-0.15, -0.1) is 0 Å². The maximum absolute atomic E-state index is 12.6. The number of hydrogen-bond donors (Lipinski definition) is 1. The first-order valence-electron chi connectivity index (χ1n) is 7.77. The molecule has 114 valence electrons. The Morgan fingerprint density at radius 1 is 1.50 bits per heavy atom. The van der Waals surface area contributed by atoms with Crippen LogP contribution in [0.1, 0.15) is 26.2 Å². The molecule has 0 radical (unpaired) electrons. The number of likely N-dealkylation sites (N-methyl/N-ethyl adjacent to an activating group) is 2. The van der Waals surface area contributed by atoms with Crippen molar-refractivity contribution in [3.63, 3.8) is 0 Å². The van der Waals surface area contributed by atoms with Crippen LogP contribution < -0.4 is 5.73 Å². The summed E-state index contributed by atoms with van der Waals surface area (Å²) >= 11 is 0. The second-order valence-corrected chi connectivity index (χ2v) is 5.85. The fraction of sp³-hybridized carbons (Fsp3) is 0.800. The van der Waals surface area contributed by atoms with E-state index in [1.807, 2.05) is 4.90 Å². The molecular weight excluding hydrogens is 252 g/mol. The van der Waals surface area contributed by atoms with Crippen molar-refractivity contribution in [1.82, 2.24) is 14.7 Å². The standard InChI is InChI=1S/C15H28N4O/c1-3-19(13-6-4-5-7-13)15(20)12-18-9-8-17(2)11-14(18)10-16/h6,14H,3-5,7-12,16H2,1-2H3. The van der Waals surface area contributed by atoms with Gasteiger partial charge in [0.25, 0.3) is 0 Å². The molecule has 1 heterocycles. The Kier molecular flexibility index (Phi) is 5.57. The van der Waals surface area contributed by atoms with Crippen molar-refractivity contribution in [2.75, 3.05) is 46.3 Å². The number of rotatable bonds is 5. The molecule has 2 aliphatic rings. The third kappa shape index (κ3) is 3.59. The molecule has 2 rings (SSSR count). The lowest BCUT2D eigenvalue weighted by atomic mass is 10.1. The average Bonchev–Trinajstić information content (AvgIpc) is 2.95. The van der Waals surface area contributed by atoms with E-state index in [1.165, 1.54) is 12.1 Å². The van der Waals surface area contributed by atoms with Crippen molar-refractivity contribution in [2.45, 2.75) is 32.2 Å². The second-order valence-electron chi connectivity index (χ2n) is 5.85. The highest BCUT2D eigenvalue weighted by Gasteiger charge is 2.28. The highest BCUT2D eigenvalue weighted by Crippen LogP contribution is 2.21. The highest BCUT2D eigenvalue weighted by molar-refractivity contribution is 5.80. The predicted molar refractivity (Wildman–Crippen MR) is 81.2 cm³/mol. The molecule has 1 atom stereocenters. The third-order valence-electron chi connectivity index (χ3n) is 4.40. The maximum atomic E-state index is 12.6. The summed E-state index contributed by atoms with van der Waals surface area (Å²) in [5.41, 5.74) is 7.08. The number of amides is 1. The molecule has 0 saturated carbocycles. The van der Waals surface area contributed by atoms with E-state index < -0.39 is 0 Å². The van der Waals surface area contributed by atoms with Crippen LogP contribution in [0.4, 0.5) is 0 Å². The third-order valence-corrected chi connectivity index (χ3v) is 4.40. The summed E-state index contributed by atoms with van der Waals surface area (Å²) in [4.78, 5) is 19.1. The lowest BCUT2D eigenvalue weighted by Crippen LogP contribution is -2.57. The van der Waals surface area contributed by atoms with Crippen molar-refractivity contribution in [1.29, 1.82) is 0 Å². The smallest absolute Gasteiger partial charge is 0.240 e. The SMILES string of the molecule is CCN(C(=O)CN1CCN(C)CC1CN)C1=CCCC1. The molecule has 0 aromatic heterocycles. The monoisotopic (exact) mass is 280 g/mol. The van der Waals surface area contributed by atoms with Gasteiger partial charge in [0.05, 0.1) is 6.54 Å². The average molecular weight is 280 g/mol. The number of piperazine rings is 1. The summed E-state index contributed by atoms with van der Waals surface area (Å²) in [7, 11) is 2.11. The molecule has 2 N–H and O–H groups in total. The lowest BCUT2D eigenvalue weighted by Gasteiger charge is -2.39. The van der Waals surface area contributed by atoms with Gasteiger partial charge in [-0.3, -0.25) is 9.69 Å².